The van der Waals surface area contributed by atoms with Crippen LogP contribution in [0.1, 0.15) is 34.3 Å². The second kappa shape index (κ2) is 12.2. The number of nitrogens with one attached hydrogen (secondary N) is 1. The minimum atomic E-state index is -1.22. The molecule has 0 aliphatic carbocycles. The fraction of sp³-hybridized carbons (Fsp3) is 0.333. The van der Waals surface area contributed by atoms with E-state index >= 15 is 0 Å². The number of aliphatic carboxylic acids is 1. The molecule has 0 saturated carbocycles. The van der Waals surface area contributed by atoms with E-state index in [4.69, 9.17) is 23.2 Å². The summed E-state index contributed by atoms with van der Waals surface area (Å²) in [7, 11) is 0. The summed E-state index contributed by atoms with van der Waals surface area (Å²) in [4.78, 5) is 54.0. The van der Waals surface area contributed by atoms with Gasteiger partial charge in [-0.15, -0.1) is 11.8 Å². The molecule has 11 heteroatoms. The monoisotopic (exact) mass is 575 g/mol. The van der Waals surface area contributed by atoms with Crippen molar-refractivity contribution in [3.05, 3.63) is 69.2 Å². The van der Waals surface area contributed by atoms with E-state index in [0.717, 1.165) is 10.5 Å². The van der Waals surface area contributed by atoms with E-state index in [1.165, 1.54) is 22.7 Å². The minimum Gasteiger partial charge on any atom is -0.480 e. The maximum absolute atomic E-state index is 12.9. The van der Waals surface area contributed by atoms with Crippen LogP contribution in [0.5, 0.6) is 0 Å². The molecule has 3 amide bonds. The van der Waals surface area contributed by atoms with Crippen LogP contribution in [0.3, 0.4) is 0 Å². The third-order valence-electron chi connectivity index (χ3n) is 6.79. The number of carbonyl (C=O) groups is 4. The van der Waals surface area contributed by atoms with Crippen molar-refractivity contribution in [2.24, 2.45) is 5.92 Å². The Hall–Kier alpha value is -3.01. The molecule has 1 unspecified atom stereocenters. The molecule has 8 nitrogen and oxygen atoms in total. The zero-order chi connectivity index (χ0) is 27.4. The van der Waals surface area contributed by atoms with Crippen LogP contribution in [-0.2, 0) is 20.9 Å². The van der Waals surface area contributed by atoms with E-state index in [9.17, 15) is 24.3 Å². The summed E-state index contributed by atoms with van der Waals surface area (Å²) in [5, 5.41) is 13.1. The van der Waals surface area contributed by atoms with Crippen molar-refractivity contribution < 1.29 is 24.3 Å². The molecule has 2 aliphatic rings. The highest BCUT2D eigenvalue weighted by atomic mass is 35.5. The number of hydrogen-bond acceptors (Lipinski definition) is 5. The highest BCUT2D eigenvalue weighted by Gasteiger charge is 2.34. The summed E-state index contributed by atoms with van der Waals surface area (Å²) in [6.07, 6.45) is 5.76. The van der Waals surface area contributed by atoms with Crippen LogP contribution in [0.15, 0.2) is 47.4 Å². The number of benzene rings is 2. The summed E-state index contributed by atoms with van der Waals surface area (Å²) in [6, 6.07) is 9.54. The number of rotatable bonds is 8. The fourth-order valence-electron chi connectivity index (χ4n) is 4.62. The SMILES string of the molecule is CSc1ccc(C=CC(=O)N2CCC(C(=O)NC(CN3Cc4ccccc4C3=O)C(=O)O)CC2)c(Cl)c1Cl. The number of carbonyl (C=O) groups excluding carboxylic acids is 3. The van der Waals surface area contributed by atoms with E-state index in [1.807, 2.05) is 24.5 Å². The van der Waals surface area contributed by atoms with Gasteiger partial charge in [-0.05, 0) is 48.4 Å². The van der Waals surface area contributed by atoms with Crippen LogP contribution in [0, 0.1) is 5.92 Å². The molecule has 200 valence electrons. The highest BCUT2D eigenvalue weighted by molar-refractivity contribution is 7.98. The molecule has 2 aromatic rings. The Balaban J connectivity index is 1.29. The maximum Gasteiger partial charge on any atom is 0.328 e. The minimum absolute atomic E-state index is 0.124. The van der Waals surface area contributed by atoms with Crippen molar-refractivity contribution in [2.45, 2.75) is 30.3 Å². The number of halogens is 2. The first kappa shape index (κ1) is 28.0. The lowest BCUT2D eigenvalue weighted by Crippen LogP contribution is -2.51. The van der Waals surface area contributed by atoms with Gasteiger partial charge in [-0.3, -0.25) is 14.4 Å². The van der Waals surface area contributed by atoms with E-state index < -0.39 is 17.9 Å². The van der Waals surface area contributed by atoms with E-state index in [2.05, 4.69) is 5.32 Å². The number of thioether (sulfide) groups is 1. The Bertz CT molecular complexity index is 1290. The number of likely N-dealkylation sites (tertiary alicyclic amines) is 1. The Kier molecular flexibility index (Phi) is 9.02. The predicted molar refractivity (Wildman–Crippen MR) is 147 cm³/mol. The van der Waals surface area contributed by atoms with Gasteiger partial charge < -0.3 is 20.2 Å². The number of fused-ring (bicyclic) bond motifs is 1. The molecular weight excluding hydrogens is 549 g/mol. The third-order valence-corrected chi connectivity index (χ3v) is 8.58. The number of hydrogen-bond donors (Lipinski definition) is 2. The van der Waals surface area contributed by atoms with Gasteiger partial charge in [0.2, 0.25) is 11.8 Å². The Morgan fingerprint density at radius 2 is 1.84 bits per heavy atom. The smallest absolute Gasteiger partial charge is 0.328 e. The molecule has 38 heavy (non-hydrogen) atoms. The van der Waals surface area contributed by atoms with Crippen LogP contribution in [0.4, 0.5) is 0 Å². The van der Waals surface area contributed by atoms with Gasteiger partial charge in [0.15, 0.2) is 0 Å². The zero-order valence-electron chi connectivity index (χ0n) is 20.7. The predicted octanol–water partition coefficient (Wildman–Crippen LogP) is 4.19. The summed E-state index contributed by atoms with van der Waals surface area (Å²) >= 11 is 14.1. The molecule has 0 bridgehead atoms. The molecule has 4 rings (SSSR count). The van der Waals surface area contributed by atoms with Gasteiger partial charge in [0.1, 0.15) is 6.04 Å². The second-order valence-electron chi connectivity index (χ2n) is 9.16. The largest absolute Gasteiger partial charge is 0.480 e. The quantitative estimate of drug-likeness (QED) is 0.361. The van der Waals surface area contributed by atoms with Crippen molar-refractivity contribution in [2.75, 3.05) is 25.9 Å². The summed E-state index contributed by atoms with van der Waals surface area (Å²) in [6.45, 7) is 0.903. The van der Waals surface area contributed by atoms with Crippen LogP contribution in [0.2, 0.25) is 10.0 Å². The molecular formula is C27H27Cl2N3O5S. The van der Waals surface area contributed by atoms with Crippen molar-refractivity contribution in [1.82, 2.24) is 15.1 Å². The average molecular weight is 577 g/mol. The Labute approximate surface area is 235 Å². The molecule has 0 spiro atoms. The van der Waals surface area contributed by atoms with Gasteiger partial charge in [-0.2, -0.15) is 0 Å². The number of nitrogens with zero attached hydrogens (tertiary/aromatic N) is 2. The molecule has 2 N–H and O–H groups in total. The van der Waals surface area contributed by atoms with Gasteiger partial charge in [-0.25, -0.2) is 4.79 Å². The fourth-order valence-corrected chi connectivity index (χ4v) is 5.79. The van der Waals surface area contributed by atoms with Crippen LogP contribution in [0.25, 0.3) is 6.08 Å². The van der Waals surface area contributed by atoms with Crippen molar-refractivity contribution in [3.8, 4) is 0 Å². The summed E-state index contributed by atoms with van der Waals surface area (Å²) in [5.74, 6) is -2.47. The van der Waals surface area contributed by atoms with Crippen molar-refractivity contribution in [1.29, 1.82) is 0 Å². The maximum atomic E-state index is 12.9. The van der Waals surface area contributed by atoms with E-state index in [-0.39, 0.29) is 24.3 Å². The zero-order valence-corrected chi connectivity index (χ0v) is 23.0. The lowest BCUT2D eigenvalue weighted by molar-refractivity contribution is -0.143. The lowest BCUT2D eigenvalue weighted by atomic mass is 9.95. The van der Waals surface area contributed by atoms with Crippen molar-refractivity contribution in [3.63, 3.8) is 0 Å². The molecule has 2 aromatic carbocycles. The molecule has 2 aliphatic heterocycles. The normalized spacial score (nSPS) is 16.6. The Morgan fingerprint density at radius 3 is 2.50 bits per heavy atom. The van der Waals surface area contributed by atoms with Gasteiger partial charge in [-0.1, -0.05) is 47.5 Å². The topological polar surface area (TPSA) is 107 Å². The molecule has 0 aromatic heterocycles. The molecule has 1 fully saturated rings. The summed E-state index contributed by atoms with van der Waals surface area (Å²) < 4.78 is 0. The molecule has 1 saturated heterocycles. The molecule has 0 radical (unpaired) electrons. The second-order valence-corrected chi connectivity index (χ2v) is 10.8. The number of amides is 3. The lowest BCUT2D eigenvalue weighted by Gasteiger charge is -2.31. The van der Waals surface area contributed by atoms with Crippen LogP contribution in [-0.4, -0.2) is 70.5 Å². The number of carboxylic acids is 1. The van der Waals surface area contributed by atoms with Crippen LogP contribution >= 0.6 is 35.0 Å². The molecule has 1 atom stereocenters. The first-order valence-electron chi connectivity index (χ1n) is 12.1. The Morgan fingerprint density at radius 1 is 1.13 bits per heavy atom. The van der Waals surface area contributed by atoms with Gasteiger partial charge in [0.05, 0.1) is 16.6 Å². The van der Waals surface area contributed by atoms with Crippen LogP contribution < -0.4 is 5.32 Å². The van der Waals surface area contributed by atoms with Gasteiger partial charge in [0.25, 0.3) is 5.91 Å². The number of piperidine rings is 1. The average Bonchev–Trinajstić information content (AvgIpc) is 3.24. The standard InChI is InChI=1S/C27H27Cl2N3O5S/c1-38-21-8-6-16(23(28)24(21)29)7-9-22(33)31-12-10-17(11-13-31)25(34)30-20(27(36)37)15-32-14-18-4-2-3-5-19(18)26(32)35/h2-9,17,20H,10-15H2,1H3,(H,30,34)(H,36,37). The van der Waals surface area contributed by atoms with Gasteiger partial charge >= 0.3 is 5.97 Å². The van der Waals surface area contributed by atoms with Gasteiger partial charge in [0, 0.05) is 42.1 Å². The first-order chi connectivity index (χ1) is 18.2. The number of carboxylic acid groups (broad SMARTS) is 1. The van der Waals surface area contributed by atoms with E-state index in [0.29, 0.717) is 53.6 Å². The summed E-state index contributed by atoms with van der Waals surface area (Å²) in [5.41, 5.74) is 2.02. The third kappa shape index (κ3) is 6.17. The highest BCUT2D eigenvalue weighted by Crippen LogP contribution is 2.35. The van der Waals surface area contributed by atoms with Crippen molar-refractivity contribution >= 4 is 64.7 Å². The first-order valence-corrected chi connectivity index (χ1v) is 14.1. The van der Waals surface area contributed by atoms with E-state index in [1.54, 1.807) is 29.2 Å². The molecule has 2 heterocycles.